The molecule has 3 amide bonds. The molecule has 6 bridgehead atoms. The Hall–Kier alpha value is -3.99. The fraction of sp³-hybridized carbons (Fsp3) is 0.387. The number of aliphatic hydroxyl groups excluding tert-OH is 1. The fourth-order valence-electron chi connectivity index (χ4n) is 5.58. The van der Waals surface area contributed by atoms with Gasteiger partial charge in [0.1, 0.15) is 18.0 Å². The van der Waals surface area contributed by atoms with Gasteiger partial charge in [-0.05, 0) is 68.0 Å². The molecule has 0 saturated carbocycles. The summed E-state index contributed by atoms with van der Waals surface area (Å²) >= 11 is 0. The van der Waals surface area contributed by atoms with Crippen molar-refractivity contribution in [3.05, 3.63) is 65.7 Å². The molecule has 3 atom stereocenters. The van der Waals surface area contributed by atoms with Crippen molar-refractivity contribution in [1.82, 2.24) is 15.5 Å². The van der Waals surface area contributed by atoms with E-state index in [9.17, 15) is 19.5 Å². The molecule has 216 valence electrons. The highest BCUT2D eigenvalue weighted by Crippen LogP contribution is 2.38. The highest BCUT2D eigenvalue weighted by atomic mass is 16.5. The van der Waals surface area contributed by atoms with E-state index in [4.69, 9.17) is 4.74 Å². The maximum absolute atomic E-state index is 14.3. The maximum atomic E-state index is 14.3. The Morgan fingerprint density at radius 1 is 1.07 bits per heavy atom. The van der Waals surface area contributed by atoms with Gasteiger partial charge in [0, 0.05) is 18.5 Å². The van der Waals surface area contributed by atoms with Crippen molar-refractivity contribution in [3.8, 4) is 5.75 Å². The molecule has 0 saturated heterocycles. The summed E-state index contributed by atoms with van der Waals surface area (Å²) in [5, 5.41) is 18.6. The van der Waals surface area contributed by atoms with Crippen LogP contribution >= 0.6 is 0 Å². The monoisotopic (exact) mass is 559 g/mol. The van der Waals surface area contributed by atoms with Crippen molar-refractivity contribution in [2.45, 2.75) is 44.6 Å². The number of carbonyl (C=O) groups is 3. The molecule has 6 rings (SSSR count). The molecule has 3 aliphatic heterocycles. The number of ether oxygens (including phenoxy) is 1. The van der Waals surface area contributed by atoms with Gasteiger partial charge >= 0.3 is 0 Å². The zero-order valence-corrected chi connectivity index (χ0v) is 23.9. The van der Waals surface area contributed by atoms with Crippen molar-refractivity contribution in [2.24, 2.45) is 0 Å². The number of anilines is 2. The lowest BCUT2D eigenvalue weighted by Gasteiger charge is -2.28. The van der Waals surface area contributed by atoms with Gasteiger partial charge in [-0.3, -0.25) is 19.3 Å². The second kappa shape index (κ2) is 11.9. The van der Waals surface area contributed by atoms with E-state index in [1.165, 1.54) is 0 Å². The van der Waals surface area contributed by atoms with E-state index in [-0.39, 0.29) is 37.2 Å². The third-order valence-corrected chi connectivity index (χ3v) is 8.10. The molecule has 10 nitrogen and oxygen atoms in total. The number of hydrogen-bond acceptors (Lipinski definition) is 7. The second-order valence-electron chi connectivity index (χ2n) is 10.7. The largest absolute Gasteiger partial charge is 0.496 e. The van der Waals surface area contributed by atoms with E-state index in [1.807, 2.05) is 66.5 Å². The van der Waals surface area contributed by atoms with Crippen LogP contribution in [0.1, 0.15) is 37.1 Å². The predicted octanol–water partition coefficient (Wildman–Crippen LogP) is 2.54. The third-order valence-electron chi connectivity index (χ3n) is 8.10. The molecule has 3 aromatic rings. The normalized spacial score (nSPS) is 20.8. The Labute approximate surface area is 239 Å². The first-order valence-electron chi connectivity index (χ1n) is 13.9. The summed E-state index contributed by atoms with van der Waals surface area (Å²) in [5.41, 5.74) is 2.70. The summed E-state index contributed by atoms with van der Waals surface area (Å²) in [6.07, 6.45) is -0.128. The first kappa shape index (κ1) is 28.5. The number of aliphatic hydroxyl groups is 1. The van der Waals surface area contributed by atoms with E-state index >= 15 is 0 Å². The predicted molar refractivity (Wildman–Crippen MR) is 158 cm³/mol. The lowest BCUT2D eigenvalue weighted by molar-refractivity contribution is -0.128. The number of nitrogens with one attached hydrogen (secondary N) is 2. The van der Waals surface area contributed by atoms with Crippen molar-refractivity contribution in [1.29, 1.82) is 0 Å². The van der Waals surface area contributed by atoms with Crippen molar-refractivity contribution >= 4 is 39.9 Å². The SMILES string of the molecule is CN[C@@H](C)C(=O)N[C@H]1CN2C(=O)CCCN(C)C(O)c3ccc4c(c(OC)ccc4c3)CN(C1=O)c1ccccc12. The van der Waals surface area contributed by atoms with Gasteiger partial charge in [0.2, 0.25) is 11.8 Å². The molecule has 3 N–H and O–H groups in total. The molecule has 3 heterocycles. The molecule has 3 aromatic carbocycles. The van der Waals surface area contributed by atoms with Crippen LogP contribution in [0.15, 0.2) is 54.6 Å². The van der Waals surface area contributed by atoms with Crippen LogP contribution in [0.2, 0.25) is 0 Å². The molecule has 0 aromatic heterocycles. The molecule has 10 heteroatoms. The minimum Gasteiger partial charge on any atom is -0.496 e. The Bertz CT molecular complexity index is 1480. The molecule has 1 unspecified atom stereocenters. The van der Waals surface area contributed by atoms with Crippen LogP contribution in [0.5, 0.6) is 5.75 Å². The number of fused-ring (bicyclic) bond motifs is 6. The summed E-state index contributed by atoms with van der Waals surface area (Å²) in [5.74, 6) is -0.206. The highest BCUT2D eigenvalue weighted by molar-refractivity contribution is 6.08. The first-order valence-corrected chi connectivity index (χ1v) is 13.9. The Balaban J connectivity index is 1.71. The van der Waals surface area contributed by atoms with Crippen LogP contribution < -0.4 is 25.2 Å². The van der Waals surface area contributed by atoms with Gasteiger partial charge in [-0.25, -0.2) is 0 Å². The minimum absolute atomic E-state index is 0.00145. The lowest BCUT2D eigenvalue weighted by atomic mass is 9.99. The van der Waals surface area contributed by atoms with Gasteiger partial charge in [-0.15, -0.1) is 0 Å². The Morgan fingerprint density at radius 3 is 2.51 bits per heavy atom. The standard InChI is InChI=1S/C31H37N5O5/c1-19(32-2)29(38)33-24-18-35-25-8-5-6-9-26(25)36(31(24)40)17-23-22-13-11-21(16-20(22)12-14-27(23)41-4)30(39)34(3)15-7-10-28(35)37/h5-6,8-9,11-14,16,19,24,30,32,39H,7,10,15,17-18H2,1-4H3,(H,33,38)/t19-,24-,30?/m0/s1. The van der Waals surface area contributed by atoms with Gasteiger partial charge in [0.25, 0.3) is 5.91 Å². The molecular formula is C31H37N5O5. The third kappa shape index (κ3) is 5.50. The van der Waals surface area contributed by atoms with E-state index in [0.717, 1.165) is 21.9 Å². The van der Waals surface area contributed by atoms with Gasteiger partial charge in [-0.2, -0.15) is 0 Å². The van der Waals surface area contributed by atoms with Gasteiger partial charge in [0.15, 0.2) is 0 Å². The molecule has 0 fully saturated rings. The van der Waals surface area contributed by atoms with Crippen LogP contribution in [0.3, 0.4) is 0 Å². The number of para-hydroxylation sites is 2. The molecule has 0 spiro atoms. The Morgan fingerprint density at radius 2 is 1.80 bits per heavy atom. The van der Waals surface area contributed by atoms with Crippen molar-refractivity contribution in [2.75, 3.05) is 44.1 Å². The number of methoxy groups -OCH3 is 1. The quantitative estimate of drug-likeness (QED) is 0.450. The van der Waals surface area contributed by atoms with Crippen LogP contribution in [0.25, 0.3) is 10.8 Å². The lowest BCUT2D eigenvalue weighted by Crippen LogP contribution is -2.55. The topological polar surface area (TPSA) is 114 Å². The van der Waals surface area contributed by atoms with Crippen LogP contribution in [0, 0.1) is 0 Å². The second-order valence-corrected chi connectivity index (χ2v) is 10.7. The number of amides is 3. The number of hydrogen-bond donors (Lipinski definition) is 3. The van der Waals surface area contributed by atoms with Crippen LogP contribution in [-0.4, -0.2) is 74.1 Å². The highest BCUT2D eigenvalue weighted by Gasteiger charge is 2.37. The van der Waals surface area contributed by atoms with Gasteiger partial charge in [-0.1, -0.05) is 30.3 Å². The van der Waals surface area contributed by atoms with Crippen molar-refractivity contribution < 1.29 is 24.2 Å². The number of rotatable bonds is 4. The van der Waals surface area contributed by atoms with Crippen LogP contribution in [-0.2, 0) is 20.9 Å². The molecular weight excluding hydrogens is 522 g/mol. The number of benzene rings is 3. The fourth-order valence-corrected chi connectivity index (χ4v) is 5.58. The minimum atomic E-state index is -0.970. The van der Waals surface area contributed by atoms with Gasteiger partial charge < -0.3 is 30.3 Å². The van der Waals surface area contributed by atoms with Crippen molar-refractivity contribution in [3.63, 3.8) is 0 Å². The molecule has 3 aliphatic rings. The van der Waals surface area contributed by atoms with Crippen LogP contribution in [0.4, 0.5) is 11.4 Å². The van der Waals surface area contributed by atoms with E-state index in [1.54, 1.807) is 30.9 Å². The maximum Gasteiger partial charge on any atom is 0.251 e. The van der Waals surface area contributed by atoms with E-state index in [0.29, 0.717) is 30.1 Å². The zero-order valence-electron chi connectivity index (χ0n) is 23.9. The van der Waals surface area contributed by atoms with E-state index < -0.39 is 18.3 Å². The zero-order chi connectivity index (χ0) is 29.3. The first-order chi connectivity index (χ1) is 19.7. The number of nitrogens with zero attached hydrogens (tertiary/aromatic N) is 3. The van der Waals surface area contributed by atoms with E-state index in [2.05, 4.69) is 10.6 Å². The summed E-state index contributed by atoms with van der Waals surface area (Å²) in [4.78, 5) is 46.0. The smallest absolute Gasteiger partial charge is 0.251 e. The number of likely N-dealkylation sites (N-methyl/N-ethyl adjacent to an activating group) is 1. The molecule has 41 heavy (non-hydrogen) atoms. The molecule has 0 radical (unpaired) electrons. The summed E-state index contributed by atoms with van der Waals surface area (Å²) in [7, 11) is 5.09. The number of carbonyl (C=O) groups excluding carboxylic acids is 3. The van der Waals surface area contributed by atoms with Gasteiger partial charge in [0.05, 0.1) is 37.6 Å². The summed E-state index contributed by atoms with van der Waals surface area (Å²) in [6, 6.07) is 15.4. The average molecular weight is 560 g/mol. The Kier molecular flexibility index (Phi) is 8.25. The average Bonchev–Trinajstić information content (AvgIpc) is 3.10. The summed E-state index contributed by atoms with van der Waals surface area (Å²) < 4.78 is 5.75. The summed E-state index contributed by atoms with van der Waals surface area (Å²) in [6.45, 7) is 2.35. The molecule has 0 aliphatic carbocycles.